The molecule has 0 radical (unpaired) electrons. The molecule has 1 aromatic heterocycles. The molecule has 0 atom stereocenters. The Morgan fingerprint density at radius 1 is 0.567 bits per heavy atom. The van der Waals surface area contributed by atoms with Crippen molar-refractivity contribution in [3.05, 3.63) is 84.4 Å². The van der Waals surface area contributed by atoms with Crippen molar-refractivity contribution in [3.63, 3.8) is 0 Å². The van der Waals surface area contributed by atoms with Crippen LogP contribution in [0.3, 0.4) is 0 Å². The van der Waals surface area contributed by atoms with Gasteiger partial charge in [-0.25, -0.2) is 0 Å². The standard InChI is InChI=1S/C22H22N8/c23-16-6-10-18(11-7-16)26-21-28-20(25-14-15-4-2-1-3-5-15)29-22(30-21)27-19-12-8-17(24)9-13-19/h1-13H,14,23-24H2,(H3,25,26,27,28,29,30). The predicted octanol–water partition coefficient (Wildman–Crippen LogP) is 4.14. The molecule has 0 aliphatic carbocycles. The Morgan fingerprint density at radius 3 is 1.53 bits per heavy atom. The molecule has 8 heteroatoms. The van der Waals surface area contributed by atoms with E-state index < -0.39 is 0 Å². The fourth-order valence-corrected chi connectivity index (χ4v) is 2.73. The van der Waals surface area contributed by atoms with E-state index in [-0.39, 0.29) is 0 Å². The Bertz CT molecular complexity index is 1030. The quantitative estimate of drug-likeness (QED) is 0.294. The van der Waals surface area contributed by atoms with E-state index in [0.29, 0.717) is 35.8 Å². The van der Waals surface area contributed by atoms with Crippen molar-refractivity contribution >= 4 is 40.6 Å². The number of nitrogens with two attached hydrogens (primary N) is 2. The van der Waals surface area contributed by atoms with E-state index in [1.54, 1.807) is 0 Å². The number of nitrogens with one attached hydrogen (secondary N) is 3. The van der Waals surface area contributed by atoms with Gasteiger partial charge in [-0.05, 0) is 54.1 Å². The fraction of sp³-hybridized carbons (Fsp3) is 0.0455. The predicted molar refractivity (Wildman–Crippen MR) is 122 cm³/mol. The normalized spacial score (nSPS) is 10.4. The first kappa shape index (κ1) is 19.0. The van der Waals surface area contributed by atoms with Crippen molar-refractivity contribution in [2.24, 2.45) is 0 Å². The molecular formula is C22H22N8. The number of hydrogen-bond donors (Lipinski definition) is 5. The van der Waals surface area contributed by atoms with E-state index in [9.17, 15) is 0 Å². The van der Waals surface area contributed by atoms with Crippen LogP contribution in [0.1, 0.15) is 5.56 Å². The maximum atomic E-state index is 5.76. The number of nitrogens with zero attached hydrogens (tertiary/aromatic N) is 3. The highest BCUT2D eigenvalue weighted by atomic mass is 15.3. The lowest BCUT2D eigenvalue weighted by molar-refractivity contribution is 1.01. The Kier molecular flexibility index (Phi) is 5.56. The molecule has 8 nitrogen and oxygen atoms in total. The molecule has 0 bridgehead atoms. The van der Waals surface area contributed by atoms with Gasteiger partial charge in [-0.2, -0.15) is 15.0 Å². The number of anilines is 7. The summed E-state index contributed by atoms with van der Waals surface area (Å²) in [5.74, 6) is 1.26. The Labute approximate surface area is 174 Å². The van der Waals surface area contributed by atoms with Gasteiger partial charge < -0.3 is 27.4 Å². The van der Waals surface area contributed by atoms with Crippen LogP contribution in [0.2, 0.25) is 0 Å². The number of rotatable bonds is 7. The second-order valence-corrected chi connectivity index (χ2v) is 6.64. The Morgan fingerprint density at radius 2 is 1.03 bits per heavy atom. The van der Waals surface area contributed by atoms with Crippen LogP contribution in [-0.4, -0.2) is 15.0 Å². The van der Waals surface area contributed by atoms with Crippen LogP contribution in [0.4, 0.5) is 40.6 Å². The highest BCUT2D eigenvalue weighted by molar-refractivity contribution is 5.61. The van der Waals surface area contributed by atoms with E-state index in [2.05, 4.69) is 30.9 Å². The molecule has 0 saturated heterocycles. The minimum absolute atomic E-state index is 0.406. The third kappa shape index (κ3) is 5.14. The first-order valence-corrected chi connectivity index (χ1v) is 9.43. The van der Waals surface area contributed by atoms with Crippen LogP contribution >= 0.6 is 0 Å². The molecule has 1 heterocycles. The minimum atomic E-state index is 0.406. The number of benzene rings is 3. The summed E-state index contributed by atoms with van der Waals surface area (Å²) >= 11 is 0. The van der Waals surface area contributed by atoms with E-state index in [1.165, 1.54) is 0 Å². The van der Waals surface area contributed by atoms with Crippen LogP contribution in [0.5, 0.6) is 0 Å². The number of aromatic nitrogens is 3. The lowest BCUT2D eigenvalue weighted by Gasteiger charge is -2.12. The first-order chi connectivity index (χ1) is 14.6. The smallest absolute Gasteiger partial charge is 0.233 e. The van der Waals surface area contributed by atoms with Crippen molar-refractivity contribution in [1.82, 2.24) is 15.0 Å². The van der Waals surface area contributed by atoms with Gasteiger partial charge in [0, 0.05) is 29.3 Å². The SMILES string of the molecule is Nc1ccc(Nc2nc(NCc3ccccc3)nc(Nc3ccc(N)cc3)n2)cc1. The molecule has 0 saturated carbocycles. The van der Waals surface area contributed by atoms with Crippen molar-refractivity contribution in [2.45, 2.75) is 6.54 Å². The molecular weight excluding hydrogens is 376 g/mol. The van der Waals surface area contributed by atoms with Gasteiger partial charge in [-0.1, -0.05) is 30.3 Å². The Hall–Kier alpha value is -4.33. The van der Waals surface area contributed by atoms with Crippen molar-refractivity contribution in [1.29, 1.82) is 0 Å². The molecule has 0 unspecified atom stereocenters. The van der Waals surface area contributed by atoms with Gasteiger partial charge in [-0.15, -0.1) is 0 Å². The van der Waals surface area contributed by atoms with Crippen LogP contribution in [0.25, 0.3) is 0 Å². The second kappa shape index (κ2) is 8.78. The molecule has 0 aliphatic rings. The zero-order chi connectivity index (χ0) is 20.8. The van der Waals surface area contributed by atoms with E-state index in [0.717, 1.165) is 16.9 Å². The van der Waals surface area contributed by atoms with E-state index >= 15 is 0 Å². The second-order valence-electron chi connectivity index (χ2n) is 6.64. The van der Waals surface area contributed by atoms with Gasteiger partial charge >= 0.3 is 0 Å². The van der Waals surface area contributed by atoms with Crippen molar-refractivity contribution in [3.8, 4) is 0 Å². The average Bonchev–Trinajstić information content (AvgIpc) is 2.76. The molecule has 3 aromatic carbocycles. The van der Waals surface area contributed by atoms with Crippen molar-refractivity contribution < 1.29 is 0 Å². The van der Waals surface area contributed by atoms with Gasteiger partial charge in [-0.3, -0.25) is 0 Å². The van der Waals surface area contributed by atoms with Gasteiger partial charge in [0.05, 0.1) is 0 Å². The molecule has 0 aliphatic heterocycles. The van der Waals surface area contributed by atoms with Crippen LogP contribution < -0.4 is 27.4 Å². The molecule has 4 aromatic rings. The zero-order valence-electron chi connectivity index (χ0n) is 16.2. The molecule has 0 amide bonds. The van der Waals surface area contributed by atoms with Gasteiger partial charge in [0.1, 0.15) is 0 Å². The van der Waals surface area contributed by atoms with Gasteiger partial charge in [0.2, 0.25) is 17.8 Å². The summed E-state index contributed by atoms with van der Waals surface area (Å²) < 4.78 is 0. The minimum Gasteiger partial charge on any atom is -0.399 e. The monoisotopic (exact) mass is 398 g/mol. The third-order valence-electron chi connectivity index (χ3n) is 4.26. The van der Waals surface area contributed by atoms with Crippen molar-refractivity contribution in [2.75, 3.05) is 27.4 Å². The molecule has 30 heavy (non-hydrogen) atoms. The largest absolute Gasteiger partial charge is 0.399 e. The van der Waals surface area contributed by atoms with E-state index in [1.807, 2.05) is 78.9 Å². The van der Waals surface area contributed by atoms with Gasteiger partial charge in [0.15, 0.2) is 0 Å². The summed E-state index contributed by atoms with van der Waals surface area (Å²) in [5, 5.41) is 9.62. The molecule has 150 valence electrons. The molecule has 0 spiro atoms. The maximum Gasteiger partial charge on any atom is 0.233 e. The summed E-state index contributed by atoms with van der Waals surface area (Å²) in [6, 6.07) is 24.7. The molecule has 4 rings (SSSR count). The van der Waals surface area contributed by atoms with Gasteiger partial charge in [0.25, 0.3) is 0 Å². The lowest BCUT2D eigenvalue weighted by Crippen LogP contribution is -2.09. The summed E-state index contributed by atoms with van der Waals surface area (Å²) in [5.41, 5.74) is 15.7. The summed E-state index contributed by atoms with van der Waals surface area (Å²) in [6.45, 7) is 0.591. The highest BCUT2D eigenvalue weighted by Gasteiger charge is 2.08. The summed E-state index contributed by atoms with van der Waals surface area (Å²) in [6.07, 6.45) is 0. The average molecular weight is 398 g/mol. The Balaban J connectivity index is 1.58. The first-order valence-electron chi connectivity index (χ1n) is 9.43. The van der Waals surface area contributed by atoms with Crippen LogP contribution in [0, 0.1) is 0 Å². The zero-order valence-corrected chi connectivity index (χ0v) is 16.2. The third-order valence-corrected chi connectivity index (χ3v) is 4.26. The lowest BCUT2D eigenvalue weighted by atomic mass is 10.2. The van der Waals surface area contributed by atoms with Crippen LogP contribution in [-0.2, 0) is 6.54 Å². The van der Waals surface area contributed by atoms with E-state index in [4.69, 9.17) is 11.5 Å². The highest BCUT2D eigenvalue weighted by Crippen LogP contribution is 2.20. The number of hydrogen-bond acceptors (Lipinski definition) is 8. The summed E-state index contributed by atoms with van der Waals surface area (Å²) in [7, 11) is 0. The summed E-state index contributed by atoms with van der Waals surface area (Å²) in [4.78, 5) is 13.4. The maximum absolute atomic E-state index is 5.76. The number of nitrogen functional groups attached to an aromatic ring is 2. The topological polar surface area (TPSA) is 127 Å². The molecule has 7 N–H and O–H groups in total. The fourth-order valence-electron chi connectivity index (χ4n) is 2.73. The van der Waals surface area contributed by atoms with Crippen LogP contribution in [0.15, 0.2) is 78.9 Å². The molecule has 0 fully saturated rings.